The van der Waals surface area contributed by atoms with Crippen LogP contribution >= 0.6 is 0 Å². The van der Waals surface area contributed by atoms with Crippen molar-refractivity contribution in [2.24, 2.45) is 0 Å². The Balaban J connectivity index is 1.23. The van der Waals surface area contributed by atoms with E-state index in [1.54, 1.807) is 24.3 Å². The van der Waals surface area contributed by atoms with Gasteiger partial charge in [0, 0.05) is 47.5 Å². The fourth-order valence-electron chi connectivity index (χ4n) is 4.35. The number of nitrogens with two attached hydrogens (primary N) is 1. The van der Waals surface area contributed by atoms with Crippen LogP contribution in [0.4, 0.5) is 11.4 Å². The lowest BCUT2D eigenvalue weighted by atomic mass is 9.99. The number of nitrogen functional groups attached to an aromatic ring is 1. The van der Waals surface area contributed by atoms with Crippen LogP contribution in [0.2, 0.25) is 0 Å². The number of aromatic nitrogens is 1. The molecule has 5 N–H and O–H groups in total. The second-order valence-corrected chi connectivity index (χ2v) is 8.84. The summed E-state index contributed by atoms with van der Waals surface area (Å²) in [4.78, 5) is 30.9. The zero-order valence-corrected chi connectivity index (χ0v) is 19.0. The molecule has 0 atom stereocenters. The van der Waals surface area contributed by atoms with E-state index in [0.29, 0.717) is 23.5 Å². The molecule has 0 aliphatic carbocycles. The number of amides is 2. The van der Waals surface area contributed by atoms with E-state index in [1.807, 2.05) is 30.3 Å². The summed E-state index contributed by atoms with van der Waals surface area (Å²) in [6.45, 7) is 2.25. The maximum atomic E-state index is 12.9. The SMILES string of the molecule is CN1CCc2ccc(NC(=O)c3cccc(CNC(=O)c4cc5cc(N)ccc5[nH]4)c3)cc2C1. The van der Waals surface area contributed by atoms with Gasteiger partial charge in [-0.3, -0.25) is 9.59 Å². The van der Waals surface area contributed by atoms with Gasteiger partial charge in [-0.15, -0.1) is 0 Å². The molecule has 0 radical (unpaired) electrons. The molecule has 0 fully saturated rings. The minimum absolute atomic E-state index is 0.175. The lowest BCUT2D eigenvalue weighted by molar-refractivity contribution is 0.0946. The lowest BCUT2D eigenvalue weighted by Crippen LogP contribution is -2.26. The van der Waals surface area contributed by atoms with E-state index >= 15 is 0 Å². The van der Waals surface area contributed by atoms with E-state index < -0.39 is 0 Å². The molecule has 5 rings (SSSR count). The molecule has 2 heterocycles. The first-order valence-corrected chi connectivity index (χ1v) is 11.3. The van der Waals surface area contributed by atoms with Crippen LogP contribution in [0.15, 0.2) is 66.7 Å². The van der Waals surface area contributed by atoms with Crippen molar-refractivity contribution in [3.63, 3.8) is 0 Å². The Hall–Kier alpha value is -4.10. The number of rotatable bonds is 5. The summed E-state index contributed by atoms with van der Waals surface area (Å²) in [5.41, 5.74) is 12.6. The minimum atomic E-state index is -0.219. The molecule has 0 unspecified atom stereocenters. The number of H-pyrrole nitrogens is 1. The molecule has 1 aliphatic heterocycles. The summed E-state index contributed by atoms with van der Waals surface area (Å²) in [5.74, 6) is -0.394. The molecule has 0 saturated carbocycles. The van der Waals surface area contributed by atoms with Crippen LogP contribution in [0.5, 0.6) is 0 Å². The number of aromatic amines is 1. The molecule has 4 aromatic rings. The van der Waals surface area contributed by atoms with Crippen molar-refractivity contribution in [1.29, 1.82) is 0 Å². The fourth-order valence-corrected chi connectivity index (χ4v) is 4.35. The number of hydrogen-bond donors (Lipinski definition) is 4. The number of nitrogens with zero attached hydrogens (tertiary/aromatic N) is 1. The van der Waals surface area contributed by atoms with Gasteiger partial charge in [0.1, 0.15) is 5.69 Å². The van der Waals surface area contributed by atoms with Crippen LogP contribution in [0.25, 0.3) is 10.9 Å². The monoisotopic (exact) mass is 453 g/mol. The minimum Gasteiger partial charge on any atom is -0.399 e. The number of fused-ring (bicyclic) bond motifs is 2. The molecule has 3 aromatic carbocycles. The van der Waals surface area contributed by atoms with E-state index in [-0.39, 0.29) is 11.8 Å². The molecule has 7 nitrogen and oxygen atoms in total. The second-order valence-electron chi connectivity index (χ2n) is 8.84. The number of likely N-dealkylation sites (N-methyl/N-ethyl adjacent to an activating group) is 1. The lowest BCUT2D eigenvalue weighted by Gasteiger charge is -2.25. The number of carbonyl (C=O) groups is 2. The predicted octanol–water partition coefficient (Wildman–Crippen LogP) is 3.92. The van der Waals surface area contributed by atoms with Gasteiger partial charge in [0.25, 0.3) is 11.8 Å². The normalized spacial score (nSPS) is 13.4. The van der Waals surface area contributed by atoms with Crippen molar-refractivity contribution in [1.82, 2.24) is 15.2 Å². The van der Waals surface area contributed by atoms with Crippen LogP contribution in [-0.4, -0.2) is 35.3 Å². The predicted molar refractivity (Wildman–Crippen MR) is 135 cm³/mol. The second kappa shape index (κ2) is 9.03. The summed E-state index contributed by atoms with van der Waals surface area (Å²) < 4.78 is 0. The van der Waals surface area contributed by atoms with Gasteiger partial charge in [0.05, 0.1) is 0 Å². The third kappa shape index (κ3) is 4.65. The topological polar surface area (TPSA) is 103 Å². The maximum absolute atomic E-state index is 12.9. The summed E-state index contributed by atoms with van der Waals surface area (Å²) in [6, 6.07) is 20.6. The Morgan fingerprint density at radius 1 is 1.00 bits per heavy atom. The average molecular weight is 454 g/mol. The van der Waals surface area contributed by atoms with Crippen molar-refractivity contribution in [2.75, 3.05) is 24.6 Å². The first kappa shape index (κ1) is 21.7. The number of nitrogens with one attached hydrogen (secondary N) is 3. The van der Waals surface area contributed by atoms with E-state index in [1.165, 1.54) is 11.1 Å². The van der Waals surface area contributed by atoms with Gasteiger partial charge in [0.15, 0.2) is 0 Å². The van der Waals surface area contributed by atoms with Crippen LogP contribution < -0.4 is 16.4 Å². The third-order valence-electron chi connectivity index (χ3n) is 6.20. The van der Waals surface area contributed by atoms with Gasteiger partial charge in [-0.2, -0.15) is 0 Å². The smallest absolute Gasteiger partial charge is 0.267 e. The van der Waals surface area contributed by atoms with Gasteiger partial charge >= 0.3 is 0 Å². The van der Waals surface area contributed by atoms with E-state index in [4.69, 9.17) is 5.73 Å². The van der Waals surface area contributed by atoms with Crippen molar-refractivity contribution in [2.45, 2.75) is 19.5 Å². The highest BCUT2D eigenvalue weighted by molar-refractivity contribution is 6.04. The molecule has 7 heteroatoms. The molecule has 0 saturated heterocycles. The molecule has 1 aliphatic rings. The van der Waals surface area contributed by atoms with Gasteiger partial charge in [0.2, 0.25) is 0 Å². The fraction of sp³-hybridized carbons (Fsp3) is 0.185. The molecule has 1 aromatic heterocycles. The molecule has 172 valence electrons. The van der Waals surface area contributed by atoms with Crippen LogP contribution in [-0.2, 0) is 19.5 Å². The van der Waals surface area contributed by atoms with Gasteiger partial charge < -0.3 is 26.3 Å². The Morgan fingerprint density at radius 2 is 1.88 bits per heavy atom. The largest absolute Gasteiger partial charge is 0.399 e. The third-order valence-corrected chi connectivity index (χ3v) is 6.20. The quantitative estimate of drug-likeness (QED) is 0.344. The van der Waals surface area contributed by atoms with Gasteiger partial charge in [-0.1, -0.05) is 18.2 Å². The Morgan fingerprint density at radius 3 is 2.76 bits per heavy atom. The van der Waals surface area contributed by atoms with Crippen LogP contribution in [0, 0.1) is 0 Å². The standard InChI is InChI=1S/C27H27N5O2/c1-32-10-9-18-5-7-23(13-21(18)16-32)30-26(33)19-4-2-3-17(11-19)15-29-27(34)25-14-20-12-22(28)6-8-24(20)31-25/h2-8,11-14,31H,9-10,15-16,28H2,1H3,(H,29,34)(H,30,33). The Labute approximate surface area is 198 Å². The Bertz CT molecular complexity index is 1390. The summed E-state index contributed by atoms with van der Waals surface area (Å²) in [7, 11) is 2.10. The van der Waals surface area contributed by atoms with Crippen molar-refractivity contribution >= 4 is 34.1 Å². The number of carbonyl (C=O) groups excluding carboxylic acids is 2. The first-order chi connectivity index (χ1) is 16.4. The van der Waals surface area contributed by atoms with Gasteiger partial charge in [-0.05, 0) is 78.7 Å². The van der Waals surface area contributed by atoms with Gasteiger partial charge in [-0.25, -0.2) is 0 Å². The maximum Gasteiger partial charge on any atom is 0.267 e. The van der Waals surface area contributed by atoms with Crippen molar-refractivity contribution < 1.29 is 9.59 Å². The highest BCUT2D eigenvalue weighted by Gasteiger charge is 2.15. The van der Waals surface area contributed by atoms with Crippen molar-refractivity contribution in [3.8, 4) is 0 Å². The van der Waals surface area contributed by atoms with E-state index in [0.717, 1.165) is 41.7 Å². The molecular formula is C27H27N5O2. The number of benzene rings is 3. The van der Waals surface area contributed by atoms with E-state index in [2.05, 4.69) is 39.7 Å². The summed E-state index contributed by atoms with van der Waals surface area (Å²) >= 11 is 0. The summed E-state index contributed by atoms with van der Waals surface area (Å²) in [5, 5.41) is 6.79. The van der Waals surface area contributed by atoms with Crippen LogP contribution in [0.3, 0.4) is 0 Å². The average Bonchev–Trinajstić information content (AvgIpc) is 3.26. The zero-order chi connectivity index (χ0) is 23.7. The highest BCUT2D eigenvalue weighted by Crippen LogP contribution is 2.22. The number of anilines is 2. The molecule has 2 amide bonds. The highest BCUT2D eigenvalue weighted by atomic mass is 16.2. The van der Waals surface area contributed by atoms with Crippen molar-refractivity contribution in [3.05, 3.63) is 94.7 Å². The number of hydrogen-bond acceptors (Lipinski definition) is 4. The molecule has 0 bridgehead atoms. The summed E-state index contributed by atoms with van der Waals surface area (Å²) in [6.07, 6.45) is 1.03. The molecule has 34 heavy (non-hydrogen) atoms. The van der Waals surface area contributed by atoms with Crippen LogP contribution in [0.1, 0.15) is 37.5 Å². The Kier molecular flexibility index (Phi) is 5.77. The van der Waals surface area contributed by atoms with E-state index in [9.17, 15) is 9.59 Å². The first-order valence-electron chi connectivity index (χ1n) is 11.3. The zero-order valence-electron chi connectivity index (χ0n) is 19.0. The molecule has 0 spiro atoms. The molecular weight excluding hydrogens is 426 g/mol.